The van der Waals surface area contributed by atoms with Gasteiger partial charge in [0, 0.05) is 27.1 Å². The van der Waals surface area contributed by atoms with Crippen LogP contribution in [-0.4, -0.2) is 9.13 Å². The van der Waals surface area contributed by atoms with Crippen LogP contribution in [0.4, 0.5) is 0 Å². The van der Waals surface area contributed by atoms with E-state index >= 15 is 0 Å². The number of hydrogen-bond donors (Lipinski definition) is 0. The van der Waals surface area contributed by atoms with Gasteiger partial charge in [-0.2, -0.15) is 10.5 Å². The van der Waals surface area contributed by atoms with Crippen LogP contribution in [0.1, 0.15) is 116 Å². The monoisotopic (exact) mass is 758 g/mol. The average molecular weight is 759 g/mol. The molecule has 0 fully saturated rings. The van der Waals surface area contributed by atoms with Gasteiger partial charge >= 0.3 is 0 Å². The van der Waals surface area contributed by atoms with Crippen molar-refractivity contribution in [1.29, 1.82) is 10.5 Å². The van der Waals surface area contributed by atoms with E-state index in [9.17, 15) is 10.5 Å². The largest absolute Gasteiger partial charge is 0.309 e. The first-order valence-corrected chi connectivity index (χ1v) is 20.5. The highest BCUT2D eigenvalue weighted by Gasteiger charge is 2.26. The fraction of sp³-hybridized carbons (Fsp3) is 0.296. The van der Waals surface area contributed by atoms with Crippen molar-refractivity contribution in [1.82, 2.24) is 9.13 Å². The molecule has 0 saturated carbocycles. The number of benzene rings is 6. The summed E-state index contributed by atoms with van der Waals surface area (Å²) in [6, 6.07) is 44.4. The van der Waals surface area contributed by atoms with E-state index in [1.165, 1.54) is 43.8 Å². The van der Waals surface area contributed by atoms with Gasteiger partial charge in [0.15, 0.2) is 0 Å². The molecule has 8 aromatic rings. The Hall–Kier alpha value is -6.10. The summed E-state index contributed by atoms with van der Waals surface area (Å²) in [6.45, 7) is 27.1. The Morgan fingerprint density at radius 1 is 0.397 bits per heavy atom. The summed E-state index contributed by atoms with van der Waals surface area (Å²) in [6.07, 6.45) is 0. The zero-order valence-corrected chi connectivity index (χ0v) is 36.2. The maximum absolute atomic E-state index is 11.2. The molecule has 0 aliphatic carbocycles. The maximum atomic E-state index is 11.2. The van der Waals surface area contributed by atoms with Gasteiger partial charge in [0.05, 0.1) is 50.6 Å². The number of aromatic nitrogens is 2. The number of nitrogens with zero attached hydrogens (tertiary/aromatic N) is 4. The minimum absolute atomic E-state index is 0.0353. The van der Waals surface area contributed by atoms with Crippen LogP contribution in [-0.2, 0) is 21.7 Å². The van der Waals surface area contributed by atoms with E-state index in [4.69, 9.17) is 0 Å². The Balaban J connectivity index is 1.52. The van der Waals surface area contributed by atoms with Crippen LogP contribution in [0.3, 0.4) is 0 Å². The van der Waals surface area contributed by atoms with Crippen LogP contribution in [0.2, 0.25) is 0 Å². The zero-order valence-electron chi connectivity index (χ0n) is 36.2. The second-order valence-corrected chi connectivity index (χ2v) is 20.3. The Morgan fingerprint density at radius 3 is 1.12 bits per heavy atom. The molecule has 58 heavy (non-hydrogen) atoms. The lowest BCUT2D eigenvalue weighted by molar-refractivity contribution is 0.590. The maximum Gasteiger partial charge on any atom is 0.101 e. The Morgan fingerprint density at radius 2 is 0.776 bits per heavy atom. The molecule has 0 aliphatic rings. The first kappa shape index (κ1) is 38.8. The summed E-state index contributed by atoms with van der Waals surface area (Å²) < 4.78 is 4.61. The fourth-order valence-corrected chi connectivity index (χ4v) is 8.46. The lowest BCUT2D eigenvalue weighted by Gasteiger charge is -2.21. The standard InChI is InChI=1S/C54H54N4/c1-51(2,3)36-16-20-45-41(26-36)42-27-37(52(4,5)6)17-21-46(42)57(45)49-30-40(34-15-13-14-33(24-34)31-55)50(25-35(49)32-56)58-47-22-18-38(53(7,8)9)28-43(47)44-29-39(54(10,11)12)19-23-48(44)58/h13-30H,1-12H3. The molecule has 290 valence electrons. The molecule has 0 spiro atoms. The van der Waals surface area contributed by atoms with E-state index in [2.05, 4.69) is 195 Å². The number of fused-ring (bicyclic) bond motifs is 6. The van der Waals surface area contributed by atoms with Crippen molar-refractivity contribution < 1.29 is 0 Å². The van der Waals surface area contributed by atoms with Gasteiger partial charge in [-0.25, -0.2) is 0 Å². The fourth-order valence-electron chi connectivity index (χ4n) is 8.46. The quantitative estimate of drug-likeness (QED) is 0.180. The first-order valence-electron chi connectivity index (χ1n) is 20.5. The van der Waals surface area contributed by atoms with E-state index < -0.39 is 0 Å². The van der Waals surface area contributed by atoms with Gasteiger partial charge in [-0.05, 0) is 122 Å². The van der Waals surface area contributed by atoms with Crippen LogP contribution < -0.4 is 0 Å². The summed E-state index contributed by atoms with van der Waals surface area (Å²) in [4.78, 5) is 0. The minimum Gasteiger partial charge on any atom is -0.309 e. The Bertz CT molecular complexity index is 2910. The van der Waals surface area contributed by atoms with Gasteiger partial charge < -0.3 is 9.13 Å². The van der Waals surface area contributed by atoms with Crippen LogP contribution in [0.25, 0.3) is 66.1 Å². The number of hydrogen-bond acceptors (Lipinski definition) is 2. The van der Waals surface area contributed by atoms with Gasteiger partial charge in [0.1, 0.15) is 6.07 Å². The van der Waals surface area contributed by atoms with Crippen LogP contribution >= 0.6 is 0 Å². The third-order valence-corrected chi connectivity index (χ3v) is 12.0. The predicted octanol–water partition coefficient (Wildman–Crippen LogP) is 14.5. The second-order valence-electron chi connectivity index (χ2n) is 20.3. The summed E-state index contributed by atoms with van der Waals surface area (Å²) in [5.41, 5.74) is 13.9. The Kier molecular flexibility index (Phi) is 8.84. The van der Waals surface area contributed by atoms with Crippen LogP contribution in [0, 0.1) is 22.7 Å². The van der Waals surface area contributed by atoms with Crippen molar-refractivity contribution in [3.05, 3.63) is 143 Å². The molecule has 0 amide bonds. The van der Waals surface area contributed by atoms with E-state index in [-0.39, 0.29) is 21.7 Å². The van der Waals surface area contributed by atoms with E-state index in [0.29, 0.717) is 11.1 Å². The predicted molar refractivity (Wildman–Crippen MR) is 245 cm³/mol. The molecule has 0 saturated heterocycles. The molecule has 0 bridgehead atoms. The summed E-state index contributed by atoms with van der Waals surface area (Å²) >= 11 is 0. The molecule has 2 heterocycles. The zero-order chi connectivity index (χ0) is 41.7. The normalized spacial score (nSPS) is 12.8. The molecule has 0 N–H and O–H groups in total. The molecule has 4 heteroatoms. The molecule has 0 atom stereocenters. The summed E-state index contributed by atoms with van der Waals surface area (Å²) in [5, 5.41) is 26.0. The highest BCUT2D eigenvalue weighted by molar-refractivity contribution is 6.12. The van der Waals surface area contributed by atoms with Gasteiger partial charge in [-0.15, -0.1) is 0 Å². The molecule has 0 radical (unpaired) electrons. The summed E-state index contributed by atoms with van der Waals surface area (Å²) in [5.74, 6) is 0. The SMILES string of the molecule is CC(C)(C)c1ccc2c(c1)c1cc(C(C)(C)C)ccc1n2-c1cc(-c2cccc(C#N)c2)c(-n2c3ccc(C(C)(C)C)cc3c3cc(C(C)(C)C)ccc32)cc1C#N. The van der Waals surface area contributed by atoms with E-state index in [1.807, 2.05) is 18.2 Å². The molecule has 4 nitrogen and oxygen atoms in total. The number of nitriles is 2. The molecular weight excluding hydrogens is 705 g/mol. The van der Waals surface area contributed by atoms with Crippen molar-refractivity contribution in [2.75, 3.05) is 0 Å². The van der Waals surface area contributed by atoms with Crippen molar-refractivity contribution in [3.8, 4) is 34.6 Å². The van der Waals surface area contributed by atoms with E-state index in [1.54, 1.807) is 0 Å². The van der Waals surface area contributed by atoms with Crippen molar-refractivity contribution in [3.63, 3.8) is 0 Å². The van der Waals surface area contributed by atoms with Gasteiger partial charge in [0.25, 0.3) is 0 Å². The second kappa shape index (κ2) is 13.2. The van der Waals surface area contributed by atoms with Gasteiger partial charge in [-0.1, -0.05) is 119 Å². The topological polar surface area (TPSA) is 57.4 Å². The third-order valence-electron chi connectivity index (χ3n) is 12.0. The van der Waals surface area contributed by atoms with Crippen molar-refractivity contribution >= 4 is 43.6 Å². The van der Waals surface area contributed by atoms with Gasteiger partial charge in [-0.3, -0.25) is 0 Å². The minimum atomic E-state index is -0.0355. The molecule has 0 unspecified atom stereocenters. The lowest BCUT2D eigenvalue weighted by atomic mass is 9.85. The molecule has 8 rings (SSSR count). The molecule has 6 aromatic carbocycles. The lowest BCUT2D eigenvalue weighted by Crippen LogP contribution is -2.10. The smallest absolute Gasteiger partial charge is 0.101 e. The highest BCUT2D eigenvalue weighted by atomic mass is 15.0. The molecular formula is C54H54N4. The van der Waals surface area contributed by atoms with Crippen LogP contribution in [0.15, 0.2) is 109 Å². The average Bonchev–Trinajstić information content (AvgIpc) is 3.67. The van der Waals surface area contributed by atoms with E-state index in [0.717, 1.165) is 44.6 Å². The van der Waals surface area contributed by atoms with Gasteiger partial charge in [0.2, 0.25) is 0 Å². The van der Waals surface area contributed by atoms with Crippen LogP contribution in [0.5, 0.6) is 0 Å². The molecule has 0 aliphatic heterocycles. The number of rotatable bonds is 3. The highest BCUT2D eigenvalue weighted by Crippen LogP contribution is 2.44. The summed E-state index contributed by atoms with van der Waals surface area (Å²) in [7, 11) is 0. The Labute approximate surface area is 344 Å². The van der Waals surface area contributed by atoms with Crippen molar-refractivity contribution in [2.24, 2.45) is 0 Å². The molecule has 2 aromatic heterocycles. The first-order chi connectivity index (χ1) is 27.2. The third kappa shape index (κ3) is 6.46. The van der Waals surface area contributed by atoms with Crippen molar-refractivity contribution in [2.45, 2.75) is 105 Å².